The van der Waals surface area contributed by atoms with Crippen LogP contribution in [-0.2, 0) is 17.1 Å². The van der Waals surface area contributed by atoms with Crippen molar-refractivity contribution in [3.63, 3.8) is 0 Å². The average Bonchev–Trinajstić information content (AvgIpc) is 0.918. The molecule has 1 radical (unpaired) electrons. The standard InChI is InChI=1S/Cu.HN3.Na.H/c;1-3-2;;/h;1H;;. The number of hydrogen-bond donors (Lipinski definition) is 1. The molecule has 0 rings (SSSR count). The Kier molecular flexibility index (Phi) is 71.9. The van der Waals surface area contributed by atoms with Crippen LogP contribution in [0, 0.1) is 5.53 Å². The fourth-order valence-corrected chi connectivity index (χ4v) is 0. The van der Waals surface area contributed by atoms with Crippen molar-refractivity contribution in [2.45, 2.75) is 0 Å². The first kappa shape index (κ1) is 17.0. The molecular formula is H2CuN3Na. The van der Waals surface area contributed by atoms with Crippen molar-refractivity contribution >= 4 is 29.6 Å². The van der Waals surface area contributed by atoms with Gasteiger partial charge in [-0.15, -0.1) is 5.53 Å². The molecule has 0 saturated heterocycles. The van der Waals surface area contributed by atoms with E-state index >= 15 is 0 Å². The number of nitrogens with one attached hydrogen (secondary N) is 1. The summed E-state index contributed by atoms with van der Waals surface area (Å²) in [4.78, 5) is 1.75. The van der Waals surface area contributed by atoms with Gasteiger partial charge in [0.15, 0.2) is 0 Å². The van der Waals surface area contributed by atoms with Crippen LogP contribution in [0.4, 0.5) is 0 Å². The summed E-state index contributed by atoms with van der Waals surface area (Å²) in [7, 11) is 0. The molecule has 0 aliphatic carbocycles. The number of hydrogen-bond acceptors (Lipinski definition) is 1. The van der Waals surface area contributed by atoms with Crippen molar-refractivity contribution in [3.8, 4) is 0 Å². The maximum absolute atomic E-state index is 6.86. The van der Waals surface area contributed by atoms with Crippen LogP contribution in [0.15, 0.2) is 0 Å². The van der Waals surface area contributed by atoms with Crippen LogP contribution in [0.1, 0.15) is 0 Å². The van der Waals surface area contributed by atoms with Crippen LogP contribution in [0.5, 0.6) is 0 Å². The van der Waals surface area contributed by atoms with Gasteiger partial charge in [0.05, 0.1) is 0 Å². The first-order chi connectivity index (χ1) is 1.41. The van der Waals surface area contributed by atoms with Gasteiger partial charge in [-0.05, 0) is 10.4 Å². The van der Waals surface area contributed by atoms with Crippen molar-refractivity contribution in [3.05, 3.63) is 10.4 Å². The Morgan fingerprint density at radius 2 is 1.60 bits per heavy atom. The minimum absolute atomic E-state index is 0. The quantitative estimate of drug-likeness (QED) is 0.211. The molecule has 0 aromatic heterocycles. The van der Waals surface area contributed by atoms with Gasteiger partial charge in [0.25, 0.3) is 0 Å². The first-order valence-corrected chi connectivity index (χ1v) is 0.424. The molecule has 0 amide bonds. The van der Waals surface area contributed by atoms with Crippen LogP contribution in [0.2, 0.25) is 0 Å². The molecule has 0 aliphatic heterocycles. The minimum atomic E-state index is 0. The summed E-state index contributed by atoms with van der Waals surface area (Å²) in [6, 6.07) is 0. The monoisotopic (exact) mass is 130 g/mol. The number of rotatable bonds is 0. The zero-order valence-electron chi connectivity index (χ0n) is 1.70. The van der Waals surface area contributed by atoms with Gasteiger partial charge in [0.2, 0.25) is 0 Å². The zero-order chi connectivity index (χ0) is 2.71. The summed E-state index contributed by atoms with van der Waals surface area (Å²) < 4.78 is 0. The molecule has 0 fully saturated rings. The Morgan fingerprint density at radius 3 is 1.60 bits per heavy atom. The fourth-order valence-electron chi connectivity index (χ4n) is 0. The molecule has 0 saturated carbocycles. The third-order valence-corrected chi connectivity index (χ3v) is 0. The average molecular weight is 131 g/mol. The van der Waals surface area contributed by atoms with Gasteiger partial charge >= 0.3 is 29.6 Å². The Balaban J connectivity index is -0.0000000200. The van der Waals surface area contributed by atoms with E-state index in [1.165, 1.54) is 0 Å². The summed E-state index contributed by atoms with van der Waals surface area (Å²) in [6.45, 7) is 0. The molecule has 0 aromatic carbocycles. The molecule has 5 heavy (non-hydrogen) atoms. The second-order valence-corrected chi connectivity index (χ2v) is 0.100. The molecule has 3 nitrogen and oxygen atoms in total. The third kappa shape index (κ3) is 56.2. The molecular weight excluding hydrogens is 129 g/mol. The van der Waals surface area contributed by atoms with Crippen LogP contribution in [0.3, 0.4) is 0 Å². The summed E-state index contributed by atoms with van der Waals surface area (Å²) >= 11 is 0. The van der Waals surface area contributed by atoms with E-state index in [4.69, 9.17) is 11.1 Å². The van der Waals surface area contributed by atoms with Crippen molar-refractivity contribution in [2.24, 2.45) is 0 Å². The Hall–Kier alpha value is 0.829. The summed E-state index contributed by atoms with van der Waals surface area (Å²) in [5.41, 5.74) is 12.2. The maximum atomic E-state index is 6.86. The van der Waals surface area contributed by atoms with E-state index in [1.807, 2.05) is 0 Å². The predicted octanol–water partition coefficient (Wildman–Crippen LogP) is 0.224. The molecule has 0 heterocycles. The summed E-state index contributed by atoms with van der Waals surface area (Å²) in [6.07, 6.45) is 0. The molecule has 0 aromatic rings. The summed E-state index contributed by atoms with van der Waals surface area (Å²) in [5.74, 6) is 0. The van der Waals surface area contributed by atoms with E-state index in [2.05, 4.69) is 0 Å². The van der Waals surface area contributed by atoms with Crippen LogP contribution in [0.25, 0.3) is 10.4 Å². The van der Waals surface area contributed by atoms with Gasteiger partial charge in [-0.25, -0.2) is 0 Å². The molecule has 0 spiro atoms. The van der Waals surface area contributed by atoms with Crippen molar-refractivity contribution in [1.82, 2.24) is 0 Å². The second-order valence-electron chi connectivity index (χ2n) is 0.100. The summed E-state index contributed by atoms with van der Waals surface area (Å²) in [5, 5.41) is 0. The van der Waals surface area contributed by atoms with E-state index in [0.29, 0.717) is 0 Å². The first-order valence-electron chi connectivity index (χ1n) is 0.424. The Labute approximate surface area is 62.3 Å². The van der Waals surface area contributed by atoms with E-state index in [0.717, 1.165) is 0 Å². The van der Waals surface area contributed by atoms with Crippen LogP contribution < -0.4 is 0 Å². The molecule has 1 N–H and O–H groups in total. The van der Waals surface area contributed by atoms with E-state index in [-0.39, 0.29) is 46.6 Å². The van der Waals surface area contributed by atoms with Gasteiger partial charge in [-0.3, -0.25) is 0 Å². The molecule has 29 valence electrons. The predicted molar refractivity (Wildman–Crippen MR) is 16.6 cm³/mol. The fraction of sp³-hybridized carbons (Fsp3) is 0. The van der Waals surface area contributed by atoms with Gasteiger partial charge in [0.1, 0.15) is 0 Å². The molecule has 0 bridgehead atoms. The van der Waals surface area contributed by atoms with Crippen LogP contribution in [-0.4, -0.2) is 29.6 Å². The van der Waals surface area contributed by atoms with Crippen LogP contribution >= 0.6 is 0 Å². The molecule has 0 aliphatic rings. The SMILES string of the molecule is [Cu].[N-]=[N+]=N.[NaH]. The van der Waals surface area contributed by atoms with Crippen molar-refractivity contribution in [1.29, 1.82) is 5.53 Å². The topological polar surface area (TPSA) is 60.3 Å². The van der Waals surface area contributed by atoms with E-state index < -0.39 is 0 Å². The molecule has 0 atom stereocenters. The van der Waals surface area contributed by atoms with Gasteiger partial charge in [-0.2, -0.15) is 0 Å². The van der Waals surface area contributed by atoms with Gasteiger partial charge < -0.3 is 0 Å². The molecule has 5 heteroatoms. The van der Waals surface area contributed by atoms with E-state index in [9.17, 15) is 0 Å². The van der Waals surface area contributed by atoms with Crippen molar-refractivity contribution < 1.29 is 17.1 Å². The Bertz CT molecular complexity index is 27.9. The molecule has 0 unspecified atom stereocenters. The van der Waals surface area contributed by atoms with E-state index in [1.54, 1.807) is 4.91 Å². The second kappa shape index (κ2) is 21.2. The van der Waals surface area contributed by atoms with Crippen molar-refractivity contribution in [2.75, 3.05) is 0 Å². The Morgan fingerprint density at radius 1 is 1.60 bits per heavy atom. The third-order valence-electron chi connectivity index (χ3n) is 0. The van der Waals surface area contributed by atoms with Gasteiger partial charge in [0, 0.05) is 17.1 Å². The normalized spacial score (nSPS) is 1.60. The zero-order valence-corrected chi connectivity index (χ0v) is 2.64. The van der Waals surface area contributed by atoms with Gasteiger partial charge in [-0.1, -0.05) is 0 Å². The number of nitrogens with zero attached hydrogens (tertiary/aromatic N) is 2.